The van der Waals surface area contributed by atoms with E-state index >= 15 is 0 Å². The molecule has 0 aliphatic carbocycles. The maximum absolute atomic E-state index is 12.8. The van der Waals surface area contributed by atoms with Crippen molar-refractivity contribution < 1.29 is 9.59 Å². The van der Waals surface area contributed by atoms with Crippen LogP contribution in [0.3, 0.4) is 0 Å². The maximum Gasteiger partial charge on any atom is 0.245 e. The van der Waals surface area contributed by atoms with Crippen LogP contribution in [0.15, 0.2) is 0 Å². The second-order valence-electron chi connectivity index (χ2n) is 7.26. The second-order valence-corrected chi connectivity index (χ2v) is 7.26. The Labute approximate surface area is 129 Å². The number of piperazine rings is 1. The van der Waals surface area contributed by atoms with Gasteiger partial charge in [0.15, 0.2) is 0 Å². The van der Waals surface area contributed by atoms with Crippen molar-refractivity contribution in [1.29, 1.82) is 0 Å². The lowest BCUT2D eigenvalue weighted by molar-refractivity contribution is -0.152. The Morgan fingerprint density at radius 1 is 1.14 bits per heavy atom. The predicted octanol–water partition coefficient (Wildman–Crippen LogP) is 2.82. The first kappa shape index (κ1) is 18.0. The van der Waals surface area contributed by atoms with Gasteiger partial charge in [-0.05, 0) is 30.6 Å². The van der Waals surface area contributed by atoms with Crippen LogP contribution < -0.4 is 5.32 Å². The van der Waals surface area contributed by atoms with E-state index in [1.807, 2.05) is 18.7 Å². The van der Waals surface area contributed by atoms with Gasteiger partial charge < -0.3 is 10.2 Å². The first-order valence-electron chi connectivity index (χ1n) is 8.38. The summed E-state index contributed by atoms with van der Waals surface area (Å²) in [5.41, 5.74) is 0. The van der Waals surface area contributed by atoms with E-state index in [0.717, 1.165) is 12.8 Å². The number of hydrogen-bond donors (Lipinski definition) is 1. The standard InChI is InChI=1S/C17H32N2O2/c1-7-8-13(6)10-19-15(12(4)5)16(20)18-14(17(19)21)9-11(2)3/h11-15H,7-10H2,1-6H3,(H,18,20). The Bertz CT molecular complexity index is 366. The molecule has 21 heavy (non-hydrogen) atoms. The zero-order valence-corrected chi connectivity index (χ0v) is 14.5. The van der Waals surface area contributed by atoms with Gasteiger partial charge in [-0.25, -0.2) is 0 Å². The van der Waals surface area contributed by atoms with Crippen molar-refractivity contribution in [3.05, 3.63) is 0 Å². The van der Waals surface area contributed by atoms with Gasteiger partial charge in [0.05, 0.1) is 0 Å². The van der Waals surface area contributed by atoms with Gasteiger partial charge in [0.1, 0.15) is 12.1 Å². The molecule has 0 radical (unpaired) electrons. The molecular formula is C17H32N2O2. The molecule has 122 valence electrons. The first-order valence-corrected chi connectivity index (χ1v) is 8.38. The number of nitrogens with zero attached hydrogens (tertiary/aromatic N) is 1. The molecule has 0 aromatic heterocycles. The van der Waals surface area contributed by atoms with E-state index in [0.29, 0.717) is 24.8 Å². The summed E-state index contributed by atoms with van der Waals surface area (Å²) in [7, 11) is 0. The molecule has 0 saturated carbocycles. The van der Waals surface area contributed by atoms with Crippen LogP contribution in [-0.2, 0) is 9.59 Å². The van der Waals surface area contributed by atoms with Crippen LogP contribution in [0.2, 0.25) is 0 Å². The number of carbonyl (C=O) groups excluding carboxylic acids is 2. The number of hydrogen-bond acceptors (Lipinski definition) is 2. The lowest BCUT2D eigenvalue weighted by atomic mass is 9.92. The van der Waals surface area contributed by atoms with Crippen molar-refractivity contribution in [2.75, 3.05) is 6.54 Å². The average Bonchev–Trinajstić information content (AvgIpc) is 2.34. The van der Waals surface area contributed by atoms with Gasteiger partial charge in [-0.3, -0.25) is 9.59 Å². The van der Waals surface area contributed by atoms with Crippen LogP contribution in [0, 0.1) is 17.8 Å². The average molecular weight is 296 g/mol. The fourth-order valence-electron chi connectivity index (χ4n) is 3.21. The molecule has 1 aliphatic heterocycles. The van der Waals surface area contributed by atoms with E-state index in [-0.39, 0.29) is 29.8 Å². The van der Waals surface area contributed by atoms with Crippen LogP contribution in [0.5, 0.6) is 0 Å². The third kappa shape index (κ3) is 4.72. The van der Waals surface area contributed by atoms with Crippen LogP contribution in [0.25, 0.3) is 0 Å². The van der Waals surface area contributed by atoms with E-state index in [1.54, 1.807) is 0 Å². The highest BCUT2D eigenvalue weighted by molar-refractivity contribution is 5.97. The third-order valence-corrected chi connectivity index (χ3v) is 4.13. The Hall–Kier alpha value is -1.06. The smallest absolute Gasteiger partial charge is 0.245 e. The monoisotopic (exact) mass is 296 g/mol. The SMILES string of the molecule is CCCC(C)CN1C(=O)C(CC(C)C)NC(=O)C1C(C)C. The fourth-order valence-corrected chi connectivity index (χ4v) is 3.21. The van der Waals surface area contributed by atoms with Crippen LogP contribution >= 0.6 is 0 Å². The van der Waals surface area contributed by atoms with Gasteiger partial charge in [-0.2, -0.15) is 0 Å². The minimum Gasteiger partial charge on any atom is -0.342 e. The van der Waals surface area contributed by atoms with E-state index in [1.165, 1.54) is 0 Å². The highest BCUT2D eigenvalue weighted by Crippen LogP contribution is 2.22. The summed E-state index contributed by atoms with van der Waals surface area (Å²) in [5.74, 6) is 1.09. The molecule has 1 heterocycles. The van der Waals surface area contributed by atoms with Crippen LogP contribution in [0.4, 0.5) is 0 Å². The summed E-state index contributed by atoms with van der Waals surface area (Å²) in [6.07, 6.45) is 2.91. The van der Waals surface area contributed by atoms with Crippen molar-refractivity contribution >= 4 is 11.8 Å². The Kier molecular flexibility index (Phi) is 6.69. The zero-order valence-electron chi connectivity index (χ0n) is 14.5. The summed E-state index contributed by atoms with van der Waals surface area (Å²) in [6.45, 7) is 13.2. The summed E-state index contributed by atoms with van der Waals surface area (Å²) >= 11 is 0. The maximum atomic E-state index is 12.8. The molecule has 0 aromatic carbocycles. The molecule has 3 atom stereocenters. The van der Waals surface area contributed by atoms with Crippen molar-refractivity contribution in [3.8, 4) is 0 Å². The molecule has 4 nitrogen and oxygen atoms in total. The van der Waals surface area contributed by atoms with E-state index < -0.39 is 0 Å². The van der Waals surface area contributed by atoms with Crippen molar-refractivity contribution in [1.82, 2.24) is 10.2 Å². The van der Waals surface area contributed by atoms with E-state index in [4.69, 9.17) is 0 Å². The first-order chi connectivity index (χ1) is 9.77. The van der Waals surface area contributed by atoms with Gasteiger partial charge in [0.2, 0.25) is 11.8 Å². The molecule has 1 fully saturated rings. The predicted molar refractivity (Wildman–Crippen MR) is 85.8 cm³/mol. The highest BCUT2D eigenvalue weighted by Gasteiger charge is 2.42. The third-order valence-electron chi connectivity index (χ3n) is 4.13. The second kappa shape index (κ2) is 7.81. The molecule has 2 amide bonds. The minimum atomic E-state index is -0.346. The Morgan fingerprint density at radius 2 is 1.76 bits per heavy atom. The van der Waals surface area contributed by atoms with Gasteiger partial charge >= 0.3 is 0 Å². The lowest BCUT2D eigenvalue weighted by Crippen LogP contribution is -2.65. The molecule has 0 aromatic rings. The molecular weight excluding hydrogens is 264 g/mol. The zero-order chi connectivity index (χ0) is 16.2. The number of carbonyl (C=O) groups is 2. The van der Waals surface area contributed by atoms with Gasteiger partial charge in [0, 0.05) is 6.54 Å². The van der Waals surface area contributed by atoms with Gasteiger partial charge in [-0.1, -0.05) is 48.0 Å². The largest absolute Gasteiger partial charge is 0.342 e. The van der Waals surface area contributed by atoms with E-state index in [2.05, 4.69) is 33.0 Å². The Balaban J connectivity index is 2.92. The highest BCUT2D eigenvalue weighted by atomic mass is 16.2. The normalized spacial score (nSPS) is 24.7. The van der Waals surface area contributed by atoms with Gasteiger partial charge in [0.25, 0.3) is 0 Å². The molecule has 4 heteroatoms. The fraction of sp³-hybridized carbons (Fsp3) is 0.882. The minimum absolute atomic E-state index is 0.0129. The topological polar surface area (TPSA) is 49.4 Å². The van der Waals surface area contributed by atoms with Crippen molar-refractivity contribution in [3.63, 3.8) is 0 Å². The number of nitrogens with one attached hydrogen (secondary N) is 1. The van der Waals surface area contributed by atoms with Gasteiger partial charge in [-0.15, -0.1) is 0 Å². The summed E-state index contributed by atoms with van der Waals surface area (Å²) in [6, 6.07) is -0.665. The van der Waals surface area contributed by atoms with Crippen LogP contribution in [-0.4, -0.2) is 35.3 Å². The number of rotatable bonds is 7. The summed E-state index contributed by atoms with van der Waals surface area (Å²) < 4.78 is 0. The van der Waals surface area contributed by atoms with Crippen molar-refractivity contribution in [2.45, 2.75) is 72.9 Å². The molecule has 1 N–H and O–H groups in total. The number of amides is 2. The molecule has 0 bridgehead atoms. The molecule has 0 spiro atoms. The van der Waals surface area contributed by atoms with Crippen molar-refractivity contribution in [2.24, 2.45) is 17.8 Å². The lowest BCUT2D eigenvalue weighted by Gasteiger charge is -2.42. The molecule has 1 aliphatic rings. The Morgan fingerprint density at radius 3 is 2.24 bits per heavy atom. The summed E-state index contributed by atoms with van der Waals surface area (Å²) in [4.78, 5) is 27.0. The molecule has 3 unspecified atom stereocenters. The molecule has 1 saturated heterocycles. The van der Waals surface area contributed by atoms with E-state index in [9.17, 15) is 9.59 Å². The summed E-state index contributed by atoms with van der Waals surface area (Å²) in [5, 5.41) is 2.93. The quantitative estimate of drug-likeness (QED) is 0.785. The van der Waals surface area contributed by atoms with Crippen LogP contribution in [0.1, 0.15) is 60.8 Å². The molecule has 1 rings (SSSR count).